The van der Waals surface area contributed by atoms with E-state index in [1.807, 2.05) is 0 Å². The highest BCUT2D eigenvalue weighted by atomic mass is 19.2. The Balaban J connectivity index is 1.55. The molecular formula is C28H47F2N3O5. The molecule has 5 atom stereocenters. The predicted octanol–water partition coefficient (Wildman–Crippen LogP) is 5.56. The molecule has 0 amide bonds. The number of halogens is 2. The summed E-state index contributed by atoms with van der Waals surface area (Å²) in [6.07, 6.45) is 10.3. The molecule has 1 saturated heterocycles. The van der Waals surface area contributed by atoms with Crippen LogP contribution in [-0.4, -0.2) is 51.8 Å². The van der Waals surface area contributed by atoms with Gasteiger partial charge in [0.25, 0.3) is 0 Å². The van der Waals surface area contributed by atoms with Crippen molar-refractivity contribution in [2.45, 2.75) is 140 Å². The van der Waals surface area contributed by atoms with Gasteiger partial charge in [-0.05, 0) is 12.5 Å². The standard InChI is InChI=1S/C28H47F2N3O5/c1-2-3-4-5-6-7-8-9-10-11-12-13-14-15-16-17-23(34)37-20-21-26(35)24(29)25(30)27(38-21)33-19-18-22(31)32-28(33)36/h18-19,21,24-27,35H,2-17,20H2,1H3,(H2,31,32,36)/t21-,24-,25?,26+,27-/m1/s1. The van der Waals surface area contributed by atoms with Crippen LogP contribution >= 0.6 is 0 Å². The summed E-state index contributed by atoms with van der Waals surface area (Å²) >= 11 is 0. The lowest BCUT2D eigenvalue weighted by atomic mass is 10.0. The minimum atomic E-state index is -2.32. The van der Waals surface area contributed by atoms with Crippen LogP contribution in [0.15, 0.2) is 17.1 Å². The molecule has 0 bridgehead atoms. The van der Waals surface area contributed by atoms with E-state index in [1.54, 1.807) is 0 Å². The first-order valence-electron chi connectivity index (χ1n) is 14.5. The third-order valence-electron chi connectivity index (χ3n) is 7.12. The van der Waals surface area contributed by atoms with E-state index < -0.39 is 49.0 Å². The minimum absolute atomic E-state index is 0.0708. The fraction of sp³-hybridized carbons (Fsp3) is 0.821. The van der Waals surface area contributed by atoms with Gasteiger partial charge in [-0.25, -0.2) is 13.6 Å². The van der Waals surface area contributed by atoms with Crippen LogP contribution in [-0.2, 0) is 14.3 Å². The van der Waals surface area contributed by atoms with E-state index in [1.165, 1.54) is 76.7 Å². The highest BCUT2D eigenvalue weighted by Gasteiger charge is 2.47. The van der Waals surface area contributed by atoms with E-state index in [0.717, 1.165) is 30.0 Å². The fourth-order valence-electron chi connectivity index (χ4n) is 4.75. The Hall–Kier alpha value is -2.07. The number of carbonyl (C=O) groups excluding carboxylic acids is 1. The number of hydrogen-bond acceptors (Lipinski definition) is 7. The number of nitrogens with zero attached hydrogens (tertiary/aromatic N) is 2. The summed E-state index contributed by atoms with van der Waals surface area (Å²) in [6, 6.07) is 1.25. The number of alkyl halides is 2. The van der Waals surface area contributed by atoms with Gasteiger partial charge >= 0.3 is 11.7 Å². The van der Waals surface area contributed by atoms with Crippen LogP contribution in [0.2, 0.25) is 0 Å². The van der Waals surface area contributed by atoms with Crippen molar-refractivity contribution in [1.29, 1.82) is 0 Å². The molecule has 2 heterocycles. The number of nitrogen functional groups attached to an aromatic ring is 1. The molecule has 218 valence electrons. The number of aliphatic hydroxyl groups is 1. The molecule has 1 aliphatic heterocycles. The summed E-state index contributed by atoms with van der Waals surface area (Å²) < 4.78 is 40.2. The van der Waals surface area contributed by atoms with Gasteiger partial charge in [-0.1, -0.05) is 96.8 Å². The van der Waals surface area contributed by atoms with Crippen molar-refractivity contribution in [1.82, 2.24) is 9.55 Å². The van der Waals surface area contributed by atoms with Gasteiger partial charge in [-0.2, -0.15) is 4.98 Å². The van der Waals surface area contributed by atoms with Crippen LogP contribution in [0, 0.1) is 0 Å². The summed E-state index contributed by atoms with van der Waals surface area (Å²) in [5, 5.41) is 10.1. The molecule has 3 N–H and O–H groups in total. The number of nitrogens with two attached hydrogens (primary N) is 1. The van der Waals surface area contributed by atoms with Gasteiger partial charge in [0.2, 0.25) is 0 Å². The normalized spacial score (nSPS) is 23.4. The molecule has 1 fully saturated rings. The van der Waals surface area contributed by atoms with Gasteiger partial charge < -0.3 is 20.3 Å². The molecule has 0 saturated carbocycles. The first kappa shape index (κ1) is 32.1. The third kappa shape index (κ3) is 11.4. The number of ether oxygens (including phenoxy) is 2. The van der Waals surface area contributed by atoms with Crippen molar-refractivity contribution in [2.75, 3.05) is 12.3 Å². The lowest BCUT2D eigenvalue weighted by molar-refractivity contribution is -0.224. The smallest absolute Gasteiger partial charge is 0.351 e. The maximum Gasteiger partial charge on any atom is 0.351 e. The zero-order chi connectivity index (χ0) is 27.8. The zero-order valence-corrected chi connectivity index (χ0v) is 22.9. The first-order chi connectivity index (χ1) is 18.3. The van der Waals surface area contributed by atoms with E-state index in [2.05, 4.69) is 11.9 Å². The Morgan fingerprint density at radius 1 is 0.974 bits per heavy atom. The number of hydrogen-bond donors (Lipinski definition) is 2. The van der Waals surface area contributed by atoms with Gasteiger partial charge in [-0.15, -0.1) is 0 Å². The average Bonchev–Trinajstić information content (AvgIpc) is 2.89. The number of anilines is 1. The van der Waals surface area contributed by atoms with E-state index >= 15 is 0 Å². The van der Waals surface area contributed by atoms with Crippen molar-refractivity contribution in [3.05, 3.63) is 22.7 Å². The summed E-state index contributed by atoms with van der Waals surface area (Å²) in [7, 11) is 0. The van der Waals surface area contributed by atoms with Crippen molar-refractivity contribution in [3.8, 4) is 0 Å². The van der Waals surface area contributed by atoms with Gasteiger partial charge in [0.1, 0.15) is 24.6 Å². The van der Waals surface area contributed by atoms with Gasteiger partial charge in [0.05, 0.1) is 0 Å². The van der Waals surface area contributed by atoms with Crippen LogP contribution in [0.1, 0.15) is 116 Å². The summed E-state index contributed by atoms with van der Waals surface area (Å²) in [4.78, 5) is 27.6. The Morgan fingerprint density at radius 2 is 1.50 bits per heavy atom. The molecule has 1 aromatic rings. The summed E-state index contributed by atoms with van der Waals surface area (Å²) in [5.41, 5.74) is 4.52. The number of aromatic nitrogens is 2. The van der Waals surface area contributed by atoms with Crippen LogP contribution in [0.5, 0.6) is 0 Å². The molecule has 0 aliphatic carbocycles. The van der Waals surface area contributed by atoms with Crippen LogP contribution in [0.25, 0.3) is 0 Å². The van der Waals surface area contributed by atoms with Crippen molar-refractivity contribution in [3.63, 3.8) is 0 Å². The molecule has 1 aromatic heterocycles. The van der Waals surface area contributed by atoms with Crippen LogP contribution in [0.3, 0.4) is 0 Å². The molecule has 0 aromatic carbocycles. The van der Waals surface area contributed by atoms with Gasteiger partial charge in [0, 0.05) is 12.6 Å². The van der Waals surface area contributed by atoms with Crippen molar-refractivity contribution < 1.29 is 28.2 Å². The van der Waals surface area contributed by atoms with Gasteiger partial charge in [-0.3, -0.25) is 9.36 Å². The summed E-state index contributed by atoms with van der Waals surface area (Å²) in [6.45, 7) is 1.80. The second-order valence-corrected chi connectivity index (χ2v) is 10.4. The SMILES string of the molecule is CCCCCCCCCCCCCCCCCC(=O)OC[C@H]1O[C@@H](n2ccc(N)nc2=O)C(F)[C@@H](F)[C@H]1O. The molecule has 38 heavy (non-hydrogen) atoms. The van der Waals surface area contributed by atoms with E-state index in [9.17, 15) is 23.5 Å². The molecule has 10 heteroatoms. The topological polar surface area (TPSA) is 117 Å². The molecule has 0 spiro atoms. The Labute approximate surface area is 225 Å². The Kier molecular flexibility index (Phi) is 15.4. The minimum Gasteiger partial charge on any atom is -0.463 e. The maximum atomic E-state index is 14.5. The number of unbranched alkanes of at least 4 members (excludes halogenated alkanes) is 14. The first-order valence-corrected chi connectivity index (χ1v) is 14.5. The summed E-state index contributed by atoms with van der Waals surface area (Å²) in [5.74, 6) is -0.560. The highest BCUT2D eigenvalue weighted by molar-refractivity contribution is 5.69. The third-order valence-corrected chi connectivity index (χ3v) is 7.12. The Bertz CT molecular complexity index is 856. The monoisotopic (exact) mass is 543 g/mol. The number of esters is 1. The quantitative estimate of drug-likeness (QED) is 0.173. The van der Waals surface area contributed by atoms with Crippen LogP contribution < -0.4 is 11.4 Å². The second kappa shape index (κ2) is 18.3. The maximum absolute atomic E-state index is 14.5. The molecule has 1 unspecified atom stereocenters. The number of aliphatic hydroxyl groups excluding tert-OH is 1. The lowest BCUT2D eigenvalue weighted by Gasteiger charge is -2.38. The zero-order valence-electron chi connectivity index (χ0n) is 22.9. The molecule has 0 radical (unpaired) electrons. The van der Waals surface area contributed by atoms with E-state index in [4.69, 9.17) is 15.2 Å². The number of rotatable bonds is 19. The van der Waals surface area contributed by atoms with E-state index in [-0.39, 0.29) is 12.2 Å². The predicted molar refractivity (Wildman–Crippen MR) is 143 cm³/mol. The largest absolute Gasteiger partial charge is 0.463 e. The average molecular weight is 544 g/mol. The van der Waals surface area contributed by atoms with E-state index in [0.29, 0.717) is 6.42 Å². The van der Waals surface area contributed by atoms with Gasteiger partial charge in [0.15, 0.2) is 18.6 Å². The highest BCUT2D eigenvalue weighted by Crippen LogP contribution is 2.32. The van der Waals surface area contributed by atoms with Crippen molar-refractivity contribution in [2.24, 2.45) is 0 Å². The lowest BCUT2D eigenvalue weighted by Crippen LogP contribution is -2.55. The molecule has 2 rings (SSSR count). The molecular weight excluding hydrogens is 496 g/mol. The van der Waals surface area contributed by atoms with Crippen molar-refractivity contribution >= 4 is 11.8 Å². The second-order valence-electron chi connectivity index (χ2n) is 10.4. The number of carbonyl (C=O) groups is 1. The fourth-order valence-corrected chi connectivity index (χ4v) is 4.75. The molecule has 8 nitrogen and oxygen atoms in total. The van der Waals surface area contributed by atoms with Crippen LogP contribution in [0.4, 0.5) is 14.6 Å². The Morgan fingerprint density at radius 3 is 2.03 bits per heavy atom. The molecule has 1 aliphatic rings.